The summed E-state index contributed by atoms with van der Waals surface area (Å²) in [4.78, 5) is 4.29. The first-order valence-electron chi connectivity index (χ1n) is 7.42. The Morgan fingerprint density at radius 1 is 1.00 bits per heavy atom. The van der Waals surface area contributed by atoms with E-state index in [0.29, 0.717) is 23.7 Å². The van der Waals surface area contributed by atoms with E-state index in [2.05, 4.69) is 46.6 Å². The Labute approximate surface area is 126 Å². The zero-order valence-electron chi connectivity index (χ0n) is 12.9. The van der Waals surface area contributed by atoms with Crippen molar-refractivity contribution in [3.63, 3.8) is 0 Å². The van der Waals surface area contributed by atoms with Crippen molar-refractivity contribution >= 4 is 17.5 Å². The third-order valence-electron chi connectivity index (χ3n) is 3.16. The fourth-order valence-electron chi connectivity index (χ4n) is 1.94. The molecule has 1 aromatic carbocycles. The molecule has 21 heavy (non-hydrogen) atoms. The highest BCUT2D eigenvalue weighted by molar-refractivity contribution is 5.54. The van der Waals surface area contributed by atoms with Crippen LogP contribution < -0.4 is 10.6 Å². The second-order valence-electron chi connectivity index (χ2n) is 5.67. The van der Waals surface area contributed by atoms with Gasteiger partial charge in [-0.15, -0.1) is 10.2 Å². The van der Waals surface area contributed by atoms with Gasteiger partial charge in [-0.1, -0.05) is 32.0 Å². The van der Waals surface area contributed by atoms with Crippen LogP contribution in [-0.4, -0.2) is 21.2 Å². The van der Waals surface area contributed by atoms with Gasteiger partial charge in [-0.25, -0.2) is 4.98 Å². The molecule has 0 spiro atoms. The molecule has 5 nitrogen and oxygen atoms in total. The number of anilines is 3. The fraction of sp³-hybridized carbons (Fsp3) is 0.438. The Morgan fingerprint density at radius 2 is 1.76 bits per heavy atom. The normalized spacial score (nSPS) is 12.2. The van der Waals surface area contributed by atoms with Gasteiger partial charge < -0.3 is 10.6 Å². The van der Waals surface area contributed by atoms with E-state index < -0.39 is 0 Å². The second-order valence-corrected chi connectivity index (χ2v) is 5.67. The van der Waals surface area contributed by atoms with Gasteiger partial charge in [-0.2, -0.15) is 0 Å². The molecule has 1 atom stereocenters. The third-order valence-corrected chi connectivity index (χ3v) is 3.16. The molecule has 5 heteroatoms. The van der Waals surface area contributed by atoms with Gasteiger partial charge in [0.25, 0.3) is 0 Å². The van der Waals surface area contributed by atoms with Gasteiger partial charge in [0.2, 0.25) is 5.95 Å². The summed E-state index contributed by atoms with van der Waals surface area (Å²) < 4.78 is 0. The average Bonchev–Trinajstić information content (AvgIpc) is 2.48. The van der Waals surface area contributed by atoms with Crippen molar-refractivity contribution in [1.29, 1.82) is 0 Å². The van der Waals surface area contributed by atoms with Crippen molar-refractivity contribution in [3.05, 3.63) is 36.5 Å². The summed E-state index contributed by atoms with van der Waals surface area (Å²) in [5.41, 5.74) is 0.972. The molecule has 1 aromatic heterocycles. The quantitative estimate of drug-likeness (QED) is 0.809. The van der Waals surface area contributed by atoms with Gasteiger partial charge in [-0.05, 0) is 37.8 Å². The molecule has 0 saturated carbocycles. The molecule has 0 aliphatic heterocycles. The van der Waals surface area contributed by atoms with E-state index >= 15 is 0 Å². The van der Waals surface area contributed by atoms with Gasteiger partial charge >= 0.3 is 0 Å². The Balaban J connectivity index is 1.87. The molecule has 0 fully saturated rings. The molecule has 0 radical (unpaired) electrons. The van der Waals surface area contributed by atoms with Crippen molar-refractivity contribution in [2.75, 3.05) is 10.6 Å². The average molecular weight is 285 g/mol. The number of para-hydroxylation sites is 1. The highest BCUT2D eigenvalue weighted by Gasteiger charge is 2.06. The van der Waals surface area contributed by atoms with Crippen LogP contribution in [0.1, 0.15) is 33.6 Å². The predicted octanol–water partition coefficient (Wildman–Crippen LogP) is 3.85. The standard InChI is InChI=1S/C16H23N5/c1-12(2)9-10-13(3)18-16-17-11-15(20-21-16)19-14-7-5-4-6-8-14/h4-8,11-13H,9-10H2,1-3H3,(H,19,20)(H,17,18,21). The largest absolute Gasteiger partial charge is 0.350 e. The number of rotatable bonds is 7. The molecule has 2 N–H and O–H groups in total. The van der Waals surface area contributed by atoms with Crippen LogP contribution in [-0.2, 0) is 0 Å². The molecule has 0 saturated heterocycles. The van der Waals surface area contributed by atoms with Crippen molar-refractivity contribution in [1.82, 2.24) is 15.2 Å². The monoisotopic (exact) mass is 285 g/mol. The second kappa shape index (κ2) is 7.57. The highest BCUT2D eigenvalue weighted by atomic mass is 15.3. The molecule has 0 aliphatic rings. The fourth-order valence-corrected chi connectivity index (χ4v) is 1.94. The lowest BCUT2D eigenvalue weighted by atomic mass is 10.0. The number of hydrogen-bond acceptors (Lipinski definition) is 5. The van der Waals surface area contributed by atoms with Crippen LogP contribution in [0.3, 0.4) is 0 Å². The van der Waals surface area contributed by atoms with E-state index in [0.717, 1.165) is 12.1 Å². The minimum absolute atomic E-state index is 0.349. The molecule has 0 bridgehead atoms. The minimum Gasteiger partial charge on any atom is -0.350 e. The summed E-state index contributed by atoms with van der Waals surface area (Å²) in [6.07, 6.45) is 3.98. The van der Waals surface area contributed by atoms with Gasteiger partial charge in [0.1, 0.15) is 0 Å². The molecule has 0 aliphatic carbocycles. The first kappa shape index (κ1) is 15.2. The maximum Gasteiger partial charge on any atom is 0.243 e. The van der Waals surface area contributed by atoms with Crippen LogP contribution in [0.15, 0.2) is 36.5 Å². The summed E-state index contributed by atoms with van der Waals surface area (Å²) in [5.74, 6) is 1.93. The number of nitrogens with zero attached hydrogens (tertiary/aromatic N) is 3. The van der Waals surface area contributed by atoms with Crippen LogP contribution >= 0.6 is 0 Å². The van der Waals surface area contributed by atoms with Crippen LogP contribution in [0.2, 0.25) is 0 Å². The zero-order chi connectivity index (χ0) is 15.1. The lowest BCUT2D eigenvalue weighted by molar-refractivity contribution is 0.526. The predicted molar refractivity (Wildman–Crippen MR) is 86.7 cm³/mol. The topological polar surface area (TPSA) is 62.7 Å². The lowest BCUT2D eigenvalue weighted by Crippen LogP contribution is -2.18. The van der Waals surface area contributed by atoms with Gasteiger partial charge in [0.15, 0.2) is 5.82 Å². The SMILES string of the molecule is CC(C)CCC(C)Nc1ncc(Nc2ccccc2)nn1. The van der Waals surface area contributed by atoms with Crippen molar-refractivity contribution in [2.45, 2.75) is 39.7 Å². The van der Waals surface area contributed by atoms with E-state index in [-0.39, 0.29) is 0 Å². The smallest absolute Gasteiger partial charge is 0.243 e. The molecule has 0 amide bonds. The summed E-state index contributed by atoms with van der Waals surface area (Å²) in [5, 5.41) is 14.7. The zero-order valence-corrected chi connectivity index (χ0v) is 12.9. The maximum absolute atomic E-state index is 4.29. The molecular formula is C16H23N5. The Bertz CT molecular complexity index is 524. The Kier molecular flexibility index (Phi) is 5.49. The van der Waals surface area contributed by atoms with Crippen LogP contribution in [0.5, 0.6) is 0 Å². The van der Waals surface area contributed by atoms with Gasteiger partial charge in [0.05, 0.1) is 6.20 Å². The maximum atomic E-state index is 4.29. The minimum atomic E-state index is 0.349. The summed E-state index contributed by atoms with van der Waals surface area (Å²) in [6.45, 7) is 6.60. The van der Waals surface area contributed by atoms with Crippen molar-refractivity contribution < 1.29 is 0 Å². The highest BCUT2D eigenvalue weighted by Crippen LogP contribution is 2.13. The molecule has 2 aromatic rings. The van der Waals surface area contributed by atoms with E-state index in [1.165, 1.54) is 6.42 Å². The summed E-state index contributed by atoms with van der Waals surface area (Å²) in [6, 6.07) is 10.2. The Morgan fingerprint density at radius 3 is 2.38 bits per heavy atom. The van der Waals surface area contributed by atoms with Gasteiger partial charge in [0, 0.05) is 11.7 Å². The molecular weight excluding hydrogens is 262 g/mol. The summed E-state index contributed by atoms with van der Waals surface area (Å²) in [7, 11) is 0. The van der Waals surface area contributed by atoms with E-state index in [9.17, 15) is 0 Å². The summed E-state index contributed by atoms with van der Waals surface area (Å²) >= 11 is 0. The van der Waals surface area contributed by atoms with Crippen LogP contribution in [0.25, 0.3) is 0 Å². The lowest BCUT2D eigenvalue weighted by Gasteiger charge is -2.14. The first-order chi connectivity index (χ1) is 10.1. The molecule has 1 heterocycles. The number of aromatic nitrogens is 3. The Hall–Kier alpha value is -2.17. The van der Waals surface area contributed by atoms with Crippen molar-refractivity contribution in [3.8, 4) is 0 Å². The molecule has 2 rings (SSSR count). The number of hydrogen-bond donors (Lipinski definition) is 2. The number of nitrogens with one attached hydrogen (secondary N) is 2. The van der Waals surface area contributed by atoms with Crippen LogP contribution in [0, 0.1) is 5.92 Å². The van der Waals surface area contributed by atoms with Gasteiger partial charge in [-0.3, -0.25) is 0 Å². The van der Waals surface area contributed by atoms with Crippen LogP contribution in [0.4, 0.5) is 17.5 Å². The first-order valence-corrected chi connectivity index (χ1v) is 7.42. The third kappa shape index (κ3) is 5.38. The van der Waals surface area contributed by atoms with E-state index in [1.807, 2.05) is 30.3 Å². The van der Waals surface area contributed by atoms with E-state index in [1.54, 1.807) is 6.20 Å². The van der Waals surface area contributed by atoms with Crippen molar-refractivity contribution in [2.24, 2.45) is 5.92 Å². The molecule has 112 valence electrons. The number of benzene rings is 1. The van der Waals surface area contributed by atoms with E-state index in [4.69, 9.17) is 0 Å². The molecule has 1 unspecified atom stereocenters.